The lowest BCUT2D eigenvalue weighted by molar-refractivity contribution is 0.609. The summed E-state index contributed by atoms with van der Waals surface area (Å²) in [5, 5.41) is 0.377. The van der Waals surface area contributed by atoms with Crippen molar-refractivity contribution in [3.05, 3.63) is 0 Å². The minimum absolute atomic E-state index is 0.291. The van der Waals surface area contributed by atoms with E-state index in [1.165, 1.54) is 7.05 Å². The first kappa shape index (κ1) is 6.74. The van der Waals surface area contributed by atoms with Gasteiger partial charge in [0.25, 0.3) is 0 Å². The maximum Gasteiger partial charge on any atom is 0.191 e. The Hall–Kier alpha value is -0.380. The number of sulfone groups is 1. The van der Waals surface area contributed by atoms with Crippen LogP contribution >= 0.6 is 0 Å². The predicted octanol–water partition coefficient (Wildman–Crippen LogP) is 0.223. The van der Waals surface area contributed by atoms with Gasteiger partial charge in [0.2, 0.25) is 0 Å². The molecule has 0 N–H and O–H groups in total. The second-order valence-electron chi connectivity index (χ2n) is 2.04. The average Bonchev–Trinajstić information content (AvgIpc) is 2.08. The molecule has 0 aliphatic carbocycles. The van der Waals surface area contributed by atoms with Crippen LogP contribution in [0.3, 0.4) is 0 Å². The molecule has 0 aromatic rings. The van der Waals surface area contributed by atoms with Gasteiger partial charge in [0.1, 0.15) is 5.04 Å². The van der Waals surface area contributed by atoms with Crippen molar-refractivity contribution in [2.24, 2.45) is 4.99 Å². The third-order valence-corrected chi connectivity index (χ3v) is 3.34. The zero-order chi connectivity index (χ0) is 6.91. The molecule has 0 unspecified atom stereocenters. The molecule has 52 valence electrons. The van der Waals surface area contributed by atoms with Gasteiger partial charge in [0.05, 0.1) is 5.75 Å². The normalized spacial score (nSPS) is 29.2. The largest absolute Gasteiger partial charge is 0.281 e. The molecule has 3 nitrogen and oxygen atoms in total. The van der Waals surface area contributed by atoms with Crippen molar-refractivity contribution in [1.29, 1.82) is 0 Å². The fourth-order valence-electron chi connectivity index (χ4n) is 0.938. The number of hydrogen-bond acceptors (Lipinski definition) is 3. The molecule has 0 atom stereocenters. The number of aliphatic imine (C=N–C) groups is 1. The summed E-state index contributed by atoms with van der Waals surface area (Å²) in [5.41, 5.74) is 0. The summed E-state index contributed by atoms with van der Waals surface area (Å²) in [6.07, 6.45) is 1.38. The van der Waals surface area contributed by atoms with Gasteiger partial charge in [-0.3, -0.25) is 4.99 Å². The number of rotatable bonds is 0. The fourth-order valence-corrected chi connectivity index (χ4v) is 2.43. The van der Waals surface area contributed by atoms with Crippen molar-refractivity contribution < 1.29 is 8.42 Å². The molecular weight excluding hydrogens is 138 g/mol. The van der Waals surface area contributed by atoms with Crippen molar-refractivity contribution in [2.75, 3.05) is 12.8 Å². The molecule has 9 heavy (non-hydrogen) atoms. The van der Waals surface area contributed by atoms with Gasteiger partial charge >= 0.3 is 0 Å². The summed E-state index contributed by atoms with van der Waals surface area (Å²) in [6.45, 7) is 0. The minimum Gasteiger partial charge on any atom is -0.281 e. The SMILES string of the molecule is CN=C1CCCS1(=O)=O. The van der Waals surface area contributed by atoms with Crippen molar-refractivity contribution in [3.8, 4) is 0 Å². The van der Waals surface area contributed by atoms with E-state index < -0.39 is 9.84 Å². The van der Waals surface area contributed by atoms with Crippen LogP contribution in [0.2, 0.25) is 0 Å². The van der Waals surface area contributed by atoms with Crippen LogP contribution in [0.1, 0.15) is 12.8 Å². The van der Waals surface area contributed by atoms with E-state index in [1.807, 2.05) is 0 Å². The molecule has 1 rings (SSSR count). The van der Waals surface area contributed by atoms with E-state index in [0.717, 1.165) is 6.42 Å². The smallest absolute Gasteiger partial charge is 0.191 e. The topological polar surface area (TPSA) is 46.5 Å². The first-order chi connectivity index (χ1) is 4.17. The van der Waals surface area contributed by atoms with Crippen molar-refractivity contribution in [2.45, 2.75) is 12.8 Å². The van der Waals surface area contributed by atoms with Gasteiger partial charge in [-0.15, -0.1) is 0 Å². The van der Waals surface area contributed by atoms with Crippen LogP contribution in [0.4, 0.5) is 0 Å². The molecule has 0 amide bonds. The van der Waals surface area contributed by atoms with Gasteiger partial charge in [0.15, 0.2) is 9.84 Å². The Kier molecular flexibility index (Phi) is 1.57. The van der Waals surface area contributed by atoms with E-state index in [4.69, 9.17) is 0 Å². The molecular formula is C5H9NO2S. The molecule has 0 aromatic carbocycles. The summed E-state index contributed by atoms with van der Waals surface area (Å²) in [5.74, 6) is 0.291. The Morgan fingerprint density at radius 3 is 2.44 bits per heavy atom. The van der Waals surface area contributed by atoms with Crippen LogP contribution in [0, 0.1) is 0 Å². The monoisotopic (exact) mass is 147 g/mol. The molecule has 4 heteroatoms. The highest BCUT2D eigenvalue weighted by molar-refractivity contribution is 8.06. The highest BCUT2D eigenvalue weighted by Crippen LogP contribution is 2.13. The molecule has 1 heterocycles. The zero-order valence-corrected chi connectivity index (χ0v) is 6.11. The Balaban J connectivity index is 3.03. The van der Waals surface area contributed by atoms with E-state index in [2.05, 4.69) is 4.99 Å². The Labute approximate surface area is 54.7 Å². The first-order valence-corrected chi connectivity index (χ1v) is 4.50. The molecule has 0 saturated carbocycles. The van der Waals surface area contributed by atoms with Gasteiger partial charge in [-0.1, -0.05) is 0 Å². The van der Waals surface area contributed by atoms with Gasteiger partial charge in [0, 0.05) is 13.5 Å². The van der Waals surface area contributed by atoms with Crippen molar-refractivity contribution >= 4 is 14.9 Å². The summed E-state index contributed by atoms with van der Waals surface area (Å²) >= 11 is 0. The Morgan fingerprint density at radius 1 is 1.56 bits per heavy atom. The lowest BCUT2D eigenvalue weighted by Crippen LogP contribution is -2.07. The van der Waals surface area contributed by atoms with Crippen LogP contribution in [0.5, 0.6) is 0 Å². The molecule has 1 saturated heterocycles. The quantitative estimate of drug-likeness (QED) is 0.492. The van der Waals surface area contributed by atoms with E-state index in [1.54, 1.807) is 0 Å². The molecule has 0 aromatic heterocycles. The second-order valence-corrected chi connectivity index (χ2v) is 4.15. The summed E-state index contributed by atoms with van der Waals surface area (Å²) < 4.78 is 21.7. The lowest BCUT2D eigenvalue weighted by Gasteiger charge is -1.89. The van der Waals surface area contributed by atoms with Gasteiger partial charge in [-0.2, -0.15) is 0 Å². The summed E-state index contributed by atoms with van der Waals surface area (Å²) in [4.78, 5) is 3.67. The Bertz CT molecular complexity index is 227. The molecule has 1 fully saturated rings. The highest BCUT2D eigenvalue weighted by atomic mass is 32.2. The standard InChI is InChI=1S/C5H9NO2S/c1-6-5-3-2-4-9(5,7)8/h2-4H2,1H3. The number of hydrogen-bond donors (Lipinski definition) is 0. The first-order valence-electron chi connectivity index (χ1n) is 2.85. The third-order valence-electron chi connectivity index (χ3n) is 1.41. The average molecular weight is 147 g/mol. The summed E-state index contributed by atoms with van der Waals surface area (Å²) in [6, 6.07) is 0. The molecule has 0 radical (unpaired) electrons. The highest BCUT2D eigenvalue weighted by Gasteiger charge is 2.24. The van der Waals surface area contributed by atoms with E-state index in [-0.39, 0.29) is 0 Å². The lowest BCUT2D eigenvalue weighted by atomic mass is 10.4. The van der Waals surface area contributed by atoms with Crippen LogP contribution in [-0.4, -0.2) is 26.3 Å². The zero-order valence-electron chi connectivity index (χ0n) is 5.29. The third kappa shape index (κ3) is 1.13. The van der Waals surface area contributed by atoms with Crippen molar-refractivity contribution in [3.63, 3.8) is 0 Å². The van der Waals surface area contributed by atoms with E-state index >= 15 is 0 Å². The Morgan fingerprint density at radius 2 is 2.22 bits per heavy atom. The second kappa shape index (κ2) is 2.10. The maximum absolute atomic E-state index is 10.9. The van der Waals surface area contributed by atoms with Gasteiger partial charge in [-0.05, 0) is 6.42 Å². The molecule has 0 bridgehead atoms. The van der Waals surface area contributed by atoms with Crippen LogP contribution in [-0.2, 0) is 9.84 Å². The predicted molar refractivity (Wildman–Crippen MR) is 36.4 cm³/mol. The van der Waals surface area contributed by atoms with E-state index in [9.17, 15) is 8.42 Å². The van der Waals surface area contributed by atoms with Crippen LogP contribution < -0.4 is 0 Å². The van der Waals surface area contributed by atoms with Gasteiger partial charge in [-0.25, -0.2) is 8.42 Å². The fraction of sp³-hybridized carbons (Fsp3) is 0.800. The van der Waals surface area contributed by atoms with Crippen molar-refractivity contribution in [1.82, 2.24) is 0 Å². The summed E-state index contributed by atoms with van der Waals surface area (Å²) in [7, 11) is -1.36. The van der Waals surface area contributed by atoms with Gasteiger partial charge < -0.3 is 0 Å². The molecule has 1 aliphatic heterocycles. The minimum atomic E-state index is -2.89. The molecule has 0 spiro atoms. The number of nitrogens with zero attached hydrogens (tertiary/aromatic N) is 1. The van der Waals surface area contributed by atoms with Crippen LogP contribution in [0.15, 0.2) is 4.99 Å². The van der Waals surface area contributed by atoms with Crippen LogP contribution in [0.25, 0.3) is 0 Å². The van der Waals surface area contributed by atoms with E-state index in [0.29, 0.717) is 17.2 Å². The maximum atomic E-state index is 10.9. The molecule has 1 aliphatic rings.